The van der Waals surface area contributed by atoms with E-state index in [1.54, 1.807) is 4.57 Å². The summed E-state index contributed by atoms with van der Waals surface area (Å²) in [7, 11) is 0. The number of aromatic nitrogens is 4. The Morgan fingerprint density at radius 2 is 2.18 bits per heavy atom. The lowest BCUT2D eigenvalue weighted by atomic mass is 9.87. The average molecular weight is 386 g/mol. The number of aliphatic hydroxyl groups is 1. The molecule has 1 aliphatic carbocycles. The summed E-state index contributed by atoms with van der Waals surface area (Å²) in [5.41, 5.74) is 1.19. The van der Waals surface area contributed by atoms with Crippen molar-refractivity contribution in [3.8, 4) is 11.5 Å². The first-order valence-corrected chi connectivity index (χ1v) is 10.5. The molecular formula is C21H31N5O2. The van der Waals surface area contributed by atoms with Crippen LogP contribution in [-0.4, -0.2) is 35.9 Å². The Bertz CT molecular complexity index is 937. The third-order valence-electron chi connectivity index (χ3n) is 5.81. The van der Waals surface area contributed by atoms with E-state index in [0.717, 1.165) is 36.3 Å². The van der Waals surface area contributed by atoms with Gasteiger partial charge in [-0.2, -0.15) is 0 Å². The van der Waals surface area contributed by atoms with Crippen LogP contribution in [0.4, 0.5) is 5.82 Å². The molecule has 0 bridgehead atoms. The van der Waals surface area contributed by atoms with E-state index in [1.165, 1.54) is 0 Å². The number of rotatable bonds is 5. The molecule has 3 heterocycles. The van der Waals surface area contributed by atoms with Gasteiger partial charge in [-0.3, -0.25) is 9.13 Å². The zero-order valence-electron chi connectivity index (χ0n) is 17.3. The Morgan fingerprint density at radius 1 is 1.39 bits per heavy atom. The maximum absolute atomic E-state index is 13.1. The third-order valence-corrected chi connectivity index (χ3v) is 5.81. The molecule has 7 nitrogen and oxygen atoms in total. The van der Waals surface area contributed by atoms with Gasteiger partial charge in [-0.1, -0.05) is 26.8 Å². The summed E-state index contributed by atoms with van der Waals surface area (Å²) in [6, 6.07) is 0.248. The van der Waals surface area contributed by atoms with Gasteiger partial charge in [-0.05, 0) is 50.5 Å². The molecule has 0 saturated carbocycles. The third kappa shape index (κ3) is 3.36. The van der Waals surface area contributed by atoms with Gasteiger partial charge < -0.3 is 10.4 Å². The van der Waals surface area contributed by atoms with E-state index in [1.807, 2.05) is 17.6 Å². The molecule has 0 amide bonds. The number of nitrogens with zero attached hydrogens (tertiary/aromatic N) is 4. The van der Waals surface area contributed by atoms with Gasteiger partial charge in [-0.15, -0.1) is 0 Å². The molecule has 0 fully saturated rings. The lowest BCUT2D eigenvalue weighted by Gasteiger charge is -2.26. The number of allylic oxidation sites excluding steroid dienone is 1. The van der Waals surface area contributed by atoms with Crippen LogP contribution < -0.4 is 11.0 Å². The lowest BCUT2D eigenvalue weighted by Crippen LogP contribution is -2.32. The normalized spacial score (nSPS) is 24.5. The summed E-state index contributed by atoms with van der Waals surface area (Å²) in [6.07, 6.45) is 5.98. The van der Waals surface area contributed by atoms with E-state index in [4.69, 9.17) is 9.97 Å². The van der Waals surface area contributed by atoms with Crippen molar-refractivity contribution >= 4 is 11.4 Å². The molecule has 0 aromatic heterocycles. The van der Waals surface area contributed by atoms with Crippen LogP contribution in [0.2, 0.25) is 0 Å². The van der Waals surface area contributed by atoms with Crippen LogP contribution in [0.3, 0.4) is 0 Å². The number of hydrogen-bond donors (Lipinski definition) is 2. The highest BCUT2D eigenvalue weighted by molar-refractivity contribution is 5.74. The molecule has 28 heavy (non-hydrogen) atoms. The number of fused-ring (bicyclic) bond motifs is 3. The molecule has 0 aromatic rings. The largest absolute Gasteiger partial charge is 0.390 e. The predicted octanol–water partition coefficient (Wildman–Crippen LogP) is 3.11. The minimum Gasteiger partial charge on any atom is -0.390 e. The van der Waals surface area contributed by atoms with Crippen LogP contribution in [0, 0.1) is 5.92 Å². The molecule has 0 aromatic carbocycles. The van der Waals surface area contributed by atoms with E-state index in [-0.39, 0.29) is 11.7 Å². The highest BCUT2D eigenvalue weighted by Crippen LogP contribution is 2.36. The Kier molecular flexibility index (Phi) is 4.81. The summed E-state index contributed by atoms with van der Waals surface area (Å²) in [4.78, 5) is 22.8. The fourth-order valence-electron chi connectivity index (χ4n) is 4.34. The quantitative estimate of drug-likeness (QED) is 0.826. The fourth-order valence-corrected chi connectivity index (χ4v) is 4.34. The Morgan fingerprint density at radius 3 is 2.82 bits per heavy atom. The van der Waals surface area contributed by atoms with Crippen molar-refractivity contribution in [2.75, 3.05) is 5.32 Å². The summed E-state index contributed by atoms with van der Waals surface area (Å²) in [6.45, 7) is 9.65. The van der Waals surface area contributed by atoms with Crippen molar-refractivity contribution in [3.05, 3.63) is 22.4 Å². The van der Waals surface area contributed by atoms with Gasteiger partial charge >= 0.3 is 5.69 Å². The molecule has 1 unspecified atom stereocenters. The second kappa shape index (κ2) is 7.03. The van der Waals surface area contributed by atoms with E-state index in [0.29, 0.717) is 43.5 Å². The van der Waals surface area contributed by atoms with Gasteiger partial charge in [0.1, 0.15) is 11.5 Å². The SMILES string of the molecule is CCCn1c2nc(C3=CCC(C)(O)CC3)nc-2c2n(c1=O)C[C@@H](CC(C)C)N2. The van der Waals surface area contributed by atoms with Crippen LogP contribution in [-0.2, 0) is 13.1 Å². The van der Waals surface area contributed by atoms with Gasteiger partial charge in [0.25, 0.3) is 0 Å². The van der Waals surface area contributed by atoms with Crippen LogP contribution >= 0.6 is 0 Å². The van der Waals surface area contributed by atoms with Crippen LogP contribution in [0.25, 0.3) is 17.1 Å². The van der Waals surface area contributed by atoms with Crippen molar-refractivity contribution in [3.63, 3.8) is 0 Å². The van der Waals surface area contributed by atoms with Gasteiger partial charge in [-0.25, -0.2) is 14.8 Å². The highest BCUT2D eigenvalue weighted by Gasteiger charge is 2.33. The van der Waals surface area contributed by atoms with Crippen molar-refractivity contribution in [2.24, 2.45) is 5.92 Å². The number of hydrogen-bond acceptors (Lipinski definition) is 5. The van der Waals surface area contributed by atoms with E-state index in [9.17, 15) is 9.90 Å². The fraction of sp³-hybridized carbons (Fsp3) is 0.667. The van der Waals surface area contributed by atoms with Crippen molar-refractivity contribution < 1.29 is 5.11 Å². The summed E-state index contributed by atoms with van der Waals surface area (Å²) in [5.74, 6) is 2.73. The number of imidazole rings is 1. The Balaban J connectivity index is 1.80. The maximum Gasteiger partial charge on any atom is 0.331 e. The van der Waals surface area contributed by atoms with Crippen LogP contribution in [0.15, 0.2) is 10.9 Å². The molecule has 2 atom stereocenters. The second-order valence-corrected chi connectivity index (χ2v) is 9.01. The molecule has 4 aliphatic rings. The van der Waals surface area contributed by atoms with Gasteiger partial charge in [0.05, 0.1) is 5.60 Å². The molecule has 2 N–H and O–H groups in total. The smallest absolute Gasteiger partial charge is 0.331 e. The van der Waals surface area contributed by atoms with Gasteiger partial charge in [0.2, 0.25) is 0 Å². The minimum absolute atomic E-state index is 0.00452. The van der Waals surface area contributed by atoms with E-state index < -0.39 is 5.60 Å². The molecular weight excluding hydrogens is 354 g/mol. The van der Waals surface area contributed by atoms with Gasteiger partial charge in [0.15, 0.2) is 11.6 Å². The molecule has 0 saturated heterocycles. The molecule has 3 aliphatic heterocycles. The van der Waals surface area contributed by atoms with E-state index in [2.05, 4.69) is 26.1 Å². The minimum atomic E-state index is -0.650. The van der Waals surface area contributed by atoms with Crippen molar-refractivity contribution in [2.45, 2.75) is 84.5 Å². The summed E-state index contributed by atoms with van der Waals surface area (Å²) >= 11 is 0. The van der Waals surface area contributed by atoms with Gasteiger partial charge in [0, 0.05) is 19.1 Å². The zero-order valence-corrected chi connectivity index (χ0v) is 17.3. The Labute approximate surface area is 165 Å². The van der Waals surface area contributed by atoms with Crippen molar-refractivity contribution in [1.29, 1.82) is 0 Å². The molecule has 0 spiro atoms. The standard InChI is InChI=1S/C21H31N5O2/c1-5-10-25-19-16(18-22-15(11-13(2)3)12-26(18)20(25)27)23-17(24-19)14-6-8-21(4,28)9-7-14/h6,13,15,22,28H,5,7-12H2,1-4H3/t15-,21?/m1/s1. The van der Waals surface area contributed by atoms with Crippen molar-refractivity contribution in [1.82, 2.24) is 19.1 Å². The molecule has 152 valence electrons. The summed E-state index contributed by atoms with van der Waals surface area (Å²) in [5, 5.41) is 13.7. The maximum atomic E-state index is 13.1. The first-order chi connectivity index (χ1) is 13.3. The second-order valence-electron chi connectivity index (χ2n) is 9.01. The van der Waals surface area contributed by atoms with E-state index >= 15 is 0 Å². The number of nitrogens with one attached hydrogen (secondary N) is 1. The topological polar surface area (TPSA) is 85.0 Å². The highest BCUT2D eigenvalue weighted by atomic mass is 16.3. The summed E-state index contributed by atoms with van der Waals surface area (Å²) < 4.78 is 3.61. The molecule has 7 heteroatoms. The first kappa shape index (κ1) is 19.2. The first-order valence-electron chi connectivity index (χ1n) is 10.5. The van der Waals surface area contributed by atoms with Crippen LogP contribution in [0.5, 0.6) is 0 Å². The average Bonchev–Trinajstić information content (AvgIpc) is 3.22. The monoisotopic (exact) mass is 385 g/mol. The Hall–Kier alpha value is -2.15. The molecule has 0 radical (unpaired) electrons. The molecule has 4 rings (SSSR count). The number of anilines is 1. The van der Waals surface area contributed by atoms with Crippen LogP contribution in [0.1, 0.15) is 65.6 Å². The zero-order chi connectivity index (χ0) is 20.1. The predicted molar refractivity (Wildman–Crippen MR) is 111 cm³/mol. The lowest BCUT2D eigenvalue weighted by molar-refractivity contribution is 0.0523.